The Morgan fingerprint density at radius 1 is 0.548 bits per heavy atom. The molecule has 152 valence electrons. The molecular weight excluding hydrogens is 372 g/mol. The summed E-state index contributed by atoms with van der Waals surface area (Å²) < 4.78 is 0. The zero-order chi connectivity index (χ0) is 20.9. The lowest BCUT2D eigenvalue weighted by Gasteiger charge is -2.14. The third-order valence-corrected chi connectivity index (χ3v) is 7.57. The summed E-state index contributed by atoms with van der Waals surface area (Å²) in [6.45, 7) is 4.61. The Hall–Kier alpha value is -3.12. The van der Waals surface area contributed by atoms with Gasteiger partial charge in [-0.1, -0.05) is 72.8 Å². The molecule has 31 heavy (non-hydrogen) atoms. The van der Waals surface area contributed by atoms with E-state index in [1.165, 1.54) is 72.5 Å². The average molecular weight is 401 g/mol. The summed E-state index contributed by atoms with van der Waals surface area (Å²) in [5, 5.41) is 5.68. The fourth-order valence-electron chi connectivity index (χ4n) is 5.71. The molecule has 0 atom stereocenters. The minimum absolute atomic E-state index is 1.08. The van der Waals surface area contributed by atoms with Crippen molar-refractivity contribution in [2.24, 2.45) is 0 Å². The summed E-state index contributed by atoms with van der Waals surface area (Å²) in [4.78, 5) is 0. The van der Waals surface area contributed by atoms with Crippen LogP contribution in [-0.2, 0) is 25.7 Å². The molecule has 4 aromatic rings. The van der Waals surface area contributed by atoms with Crippen LogP contribution in [0.15, 0.2) is 60.7 Å². The van der Waals surface area contributed by atoms with E-state index in [-0.39, 0.29) is 0 Å². The molecule has 6 rings (SSSR count). The standard InChI is InChI=1S/C31H28/c1-20-22(12-18-30-26(20)16-14-24-8-4-10-28(24)30)6-3-7-23-13-19-31-27(21(23)2)17-15-25-9-5-11-29(25)31/h4-5,10-19H,3,6-9H2,1-2H3. The molecule has 0 amide bonds. The first-order chi connectivity index (χ1) is 15.2. The van der Waals surface area contributed by atoms with Gasteiger partial charge in [0.1, 0.15) is 0 Å². The van der Waals surface area contributed by atoms with E-state index in [0.717, 1.165) is 25.7 Å². The van der Waals surface area contributed by atoms with Crippen LogP contribution in [0.4, 0.5) is 0 Å². The SMILES string of the molecule is Cc1c(CCCc2ccc3c4c(ccc3c2C)CC=C4)ccc2c3c(ccc12)CC=C3. The highest BCUT2D eigenvalue weighted by atomic mass is 14.2. The van der Waals surface area contributed by atoms with Crippen LogP contribution in [0.3, 0.4) is 0 Å². The van der Waals surface area contributed by atoms with Gasteiger partial charge in [-0.3, -0.25) is 0 Å². The number of benzene rings is 4. The third kappa shape index (κ3) is 2.97. The van der Waals surface area contributed by atoms with E-state index in [0.29, 0.717) is 0 Å². The smallest absolute Gasteiger partial charge is 0.00879 e. The maximum absolute atomic E-state index is 2.37. The van der Waals surface area contributed by atoms with Crippen molar-refractivity contribution in [2.45, 2.75) is 46.0 Å². The largest absolute Gasteiger partial charge is 0.0795 e. The molecule has 0 unspecified atom stereocenters. The van der Waals surface area contributed by atoms with Crippen LogP contribution in [0.5, 0.6) is 0 Å². The molecule has 0 spiro atoms. The number of allylic oxidation sites excluding steroid dienone is 2. The van der Waals surface area contributed by atoms with Crippen molar-refractivity contribution in [2.75, 3.05) is 0 Å². The molecule has 2 aliphatic carbocycles. The van der Waals surface area contributed by atoms with Gasteiger partial charge in [0, 0.05) is 0 Å². The van der Waals surface area contributed by atoms with Gasteiger partial charge in [0.05, 0.1) is 0 Å². The van der Waals surface area contributed by atoms with Crippen molar-refractivity contribution in [3.05, 3.63) is 105 Å². The topological polar surface area (TPSA) is 0 Å². The molecule has 0 aliphatic heterocycles. The molecule has 0 radical (unpaired) electrons. The normalized spacial score (nSPS) is 14.0. The van der Waals surface area contributed by atoms with Crippen molar-refractivity contribution in [3.63, 3.8) is 0 Å². The third-order valence-electron chi connectivity index (χ3n) is 7.57. The number of aryl methyl sites for hydroxylation is 4. The van der Waals surface area contributed by atoms with E-state index in [2.05, 4.69) is 86.7 Å². The lowest BCUT2D eigenvalue weighted by atomic mass is 9.90. The summed E-state index contributed by atoms with van der Waals surface area (Å²) in [6, 6.07) is 18.7. The van der Waals surface area contributed by atoms with Crippen molar-refractivity contribution >= 4 is 33.7 Å². The van der Waals surface area contributed by atoms with Gasteiger partial charge in [-0.05, 0) is 112 Å². The summed E-state index contributed by atoms with van der Waals surface area (Å²) in [5.74, 6) is 0. The Morgan fingerprint density at radius 2 is 1.00 bits per heavy atom. The summed E-state index contributed by atoms with van der Waals surface area (Å²) in [6.07, 6.45) is 14.8. The molecule has 0 bridgehead atoms. The second-order valence-corrected chi connectivity index (χ2v) is 9.23. The molecule has 0 aromatic heterocycles. The van der Waals surface area contributed by atoms with Gasteiger partial charge in [-0.25, -0.2) is 0 Å². The van der Waals surface area contributed by atoms with Gasteiger partial charge in [0.15, 0.2) is 0 Å². The van der Waals surface area contributed by atoms with Gasteiger partial charge in [-0.2, -0.15) is 0 Å². The Kier molecular flexibility index (Phi) is 4.35. The second kappa shape index (κ2) is 7.24. The molecule has 4 aromatic carbocycles. The molecule has 2 aliphatic rings. The first-order valence-corrected chi connectivity index (χ1v) is 11.6. The summed E-state index contributed by atoms with van der Waals surface area (Å²) in [5.41, 5.74) is 11.7. The molecule has 0 N–H and O–H groups in total. The minimum Gasteiger partial charge on any atom is -0.0795 e. The monoisotopic (exact) mass is 400 g/mol. The van der Waals surface area contributed by atoms with E-state index < -0.39 is 0 Å². The van der Waals surface area contributed by atoms with E-state index in [9.17, 15) is 0 Å². The van der Waals surface area contributed by atoms with Gasteiger partial charge in [0.2, 0.25) is 0 Å². The van der Waals surface area contributed by atoms with Crippen molar-refractivity contribution in [3.8, 4) is 0 Å². The Labute approximate surface area is 184 Å². The zero-order valence-electron chi connectivity index (χ0n) is 18.5. The molecule has 0 heteroatoms. The molecular formula is C31H28. The predicted octanol–water partition coefficient (Wildman–Crippen LogP) is 7.92. The Morgan fingerprint density at radius 3 is 1.48 bits per heavy atom. The average Bonchev–Trinajstić information content (AvgIpc) is 3.46. The first-order valence-electron chi connectivity index (χ1n) is 11.6. The van der Waals surface area contributed by atoms with Crippen molar-refractivity contribution < 1.29 is 0 Å². The van der Waals surface area contributed by atoms with Crippen molar-refractivity contribution in [1.82, 2.24) is 0 Å². The van der Waals surface area contributed by atoms with Crippen LogP contribution in [-0.4, -0.2) is 0 Å². The lowest BCUT2D eigenvalue weighted by molar-refractivity contribution is 0.814. The number of hydrogen-bond donors (Lipinski definition) is 0. The van der Waals surface area contributed by atoms with E-state index in [1.54, 1.807) is 0 Å². The lowest BCUT2D eigenvalue weighted by Crippen LogP contribution is -1.97. The first kappa shape index (κ1) is 18.6. The zero-order valence-corrected chi connectivity index (χ0v) is 18.5. The molecule has 0 nitrogen and oxygen atoms in total. The van der Waals surface area contributed by atoms with E-state index in [4.69, 9.17) is 0 Å². The Bertz CT molecular complexity index is 1300. The number of hydrogen-bond acceptors (Lipinski definition) is 0. The van der Waals surface area contributed by atoms with Crippen LogP contribution in [0.2, 0.25) is 0 Å². The molecule has 0 saturated carbocycles. The van der Waals surface area contributed by atoms with Gasteiger partial charge < -0.3 is 0 Å². The summed E-state index contributed by atoms with van der Waals surface area (Å²) >= 11 is 0. The summed E-state index contributed by atoms with van der Waals surface area (Å²) in [7, 11) is 0. The van der Waals surface area contributed by atoms with Gasteiger partial charge in [0.25, 0.3) is 0 Å². The highest BCUT2D eigenvalue weighted by Crippen LogP contribution is 2.33. The predicted molar refractivity (Wildman–Crippen MR) is 135 cm³/mol. The van der Waals surface area contributed by atoms with Crippen LogP contribution in [0.1, 0.15) is 50.9 Å². The number of rotatable bonds is 4. The van der Waals surface area contributed by atoms with Crippen LogP contribution >= 0.6 is 0 Å². The fourth-order valence-corrected chi connectivity index (χ4v) is 5.71. The minimum atomic E-state index is 1.08. The Balaban J connectivity index is 1.25. The highest BCUT2D eigenvalue weighted by molar-refractivity contribution is 5.96. The van der Waals surface area contributed by atoms with Gasteiger partial charge >= 0.3 is 0 Å². The van der Waals surface area contributed by atoms with Crippen LogP contribution < -0.4 is 0 Å². The molecule has 0 saturated heterocycles. The van der Waals surface area contributed by atoms with Crippen LogP contribution in [0.25, 0.3) is 33.7 Å². The maximum Gasteiger partial charge on any atom is -0.00879 e. The fraction of sp³-hybridized carbons (Fsp3) is 0.226. The van der Waals surface area contributed by atoms with Gasteiger partial charge in [-0.15, -0.1) is 0 Å². The quantitative estimate of drug-likeness (QED) is 0.326. The van der Waals surface area contributed by atoms with Crippen LogP contribution in [0, 0.1) is 13.8 Å². The second-order valence-electron chi connectivity index (χ2n) is 9.23. The van der Waals surface area contributed by atoms with E-state index >= 15 is 0 Å². The maximum atomic E-state index is 2.37. The van der Waals surface area contributed by atoms with E-state index in [1.807, 2.05) is 0 Å². The van der Waals surface area contributed by atoms with Crippen molar-refractivity contribution in [1.29, 1.82) is 0 Å². The molecule has 0 fully saturated rings. The number of fused-ring (bicyclic) bond motifs is 6. The highest BCUT2D eigenvalue weighted by Gasteiger charge is 2.14. The molecule has 0 heterocycles.